The van der Waals surface area contributed by atoms with E-state index in [0.29, 0.717) is 15.6 Å². The maximum atomic E-state index is 12.7. The molecule has 8 heteroatoms. The van der Waals surface area contributed by atoms with Crippen LogP contribution >= 0.6 is 46.1 Å². The Labute approximate surface area is 181 Å². The van der Waals surface area contributed by atoms with Gasteiger partial charge in [-0.25, -0.2) is 4.79 Å². The quantitative estimate of drug-likeness (QED) is 0.431. The van der Waals surface area contributed by atoms with Gasteiger partial charge >= 0.3 is 5.97 Å². The Morgan fingerprint density at radius 3 is 2.25 bits per heavy atom. The van der Waals surface area contributed by atoms with Gasteiger partial charge in [0, 0.05) is 16.0 Å². The molecule has 2 aromatic carbocycles. The van der Waals surface area contributed by atoms with Gasteiger partial charge in [-0.15, -0.1) is 11.3 Å². The van der Waals surface area contributed by atoms with Crippen LogP contribution < -0.4 is 5.32 Å². The van der Waals surface area contributed by atoms with Crippen molar-refractivity contribution in [1.29, 1.82) is 0 Å². The Bertz CT molecular complexity index is 1010. The van der Waals surface area contributed by atoms with Crippen molar-refractivity contribution in [1.82, 2.24) is 0 Å². The molecule has 0 fully saturated rings. The van der Waals surface area contributed by atoms with Gasteiger partial charge in [-0.05, 0) is 36.8 Å². The molecule has 1 heterocycles. The van der Waals surface area contributed by atoms with Gasteiger partial charge in [-0.1, -0.05) is 53.0 Å². The third-order valence-electron chi connectivity index (χ3n) is 3.84. The largest absolute Gasteiger partial charge is 0.462 e. The second-order valence-corrected chi connectivity index (χ2v) is 7.76. The number of halogens is 3. The summed E-state index contributed by atoms with van der Waals surface area (Å²) in [4.78, 5) is 25.3. The van der Waals surface area contributed by atoms with Crippen LogP contribution in [-0.2, 0) is 4.74 Å². The molecule has 0 atom stereocenters. The summed E-state index contributed by atoms with van der Waals surface area (Å²) in [5, 5.41) is 5.88. The third-order valence-corrected chi connectivity index (χ3v) is 5.62. The van der Waals surface area contributed by atoms with Gasteiger partial charge in [0.05, 0.1) is 22.2 Å². The highest BCUT2D eigenvalue weighted by atomic mass is 35.5. The monoisotopic (exact) mass is 453 g/mol. The second kappa shape index (κ2) is 8.97. The molecule has 3 aromatic rings. The van der Waals surface area contributed by atoms with Crippen LogP contribution in [0.2, 0.25) is 15.1 Å². The van der Waals surface area contributed by atoms with Crippen molar-refractivity contribution in [3.63, 3.8) is 0 Å². The number of carbonyl (C=O) groups excluding carboxylic acids is 2. The van der Waals surface area contributed by atoms with Crippen LogP contribution in [-0.4, -0.2) is 18.5 Å². The van der Waals surface area contributed by atoms with Crippen LogP contribution in [0.25, 0.3) is 11.1 Å². The fourth-order valence-corrected chi connectivity index (χ4v) is 4.23. The number of hydrogen-bond acceptors (Lipinski definition) is 4. The van der Waals surface area contributed by atoms with Crippen molar-refractivity contribution >= 4 is 63.0 Å². The molecule has 3 rings (SSSR count). The van der Waals surface area contributed by atoms with Crippen LogP contribution in [0.5, 0.6) is 0 Å². The lowest BCUT2D eigenvalue weighted by molar-refractivity contribution is 0.0529. The normalized spacial score (nSPS) is 10.6. The molecule has 144 valence electrons. The minimum atomic E-state index is -0.533. The number of benzene rings is 2. The van der Waals surface area contributed by atoms with Crippen LogP contribution in [0.15, 0.2) is 47.8 Å². The molecule has 1 aromatic heterocycles. The number of hydrogen-bond donors (Lipinski definition) is 1. The molecule has 0 aliphatic rings. The summed E-state index contributed by atoms with van der Waals surface area (Å²) in [7, 11) is 0. The molecular formula is C20H14Cl3NO3S. The van der Waals surface area contributed by atoms with E-state index in [1.54, 1.807) is 54.8 Å². The molecule has 0 aliphatic carbocycles. The van der Waals surface area contributed by atoms with Crippen molar-refractivity contribution in [2.75, 3.05) is 11.9 Å². The van der Waals surface area contributed by atoms with Crippen molar-refractivity contribution in [2.45, 2.75) is 6.92 Å². The zero-order valence-electron chi connectivity index (χ0n) is 14.6. The summed E-state index contributed by atoms with van der Waals surface area (Å²) in [5.74, 6) is -1.04. The van der Waals surface area contributed by atoms with E-state index in [1.807, 2.05) is 0 Å². The Morgan fingerprint density at radius 2 is 1.64 bits per heavy atom. The number of anilines is 1. The number of amides is 1. The highest BCUT2D eigenvalue weighted by molar-refractivity contribution is 7.15. The number of thiophene rings is 1. The summed E-state index contributed by atoms with van der Waals surface area (Å²) in [6.07, 6.45) is 0. The highest BCUT2D eigenvalue weighted by Gasteiger charge is 2.24. The first-order valence-electron chi connectivity index (χ1n) is 8.22. The molecule has 0 bridgehead atoms. The molecule has 28 heavy (non-hydrogen) atoms. The number of esters is 1. The zero-order chi connectivity index (χ0) is 20.3. The summed E-state index contributed by atoms with van der Waals surface area (Å²) in [6, 6.07) is 11.8. The molecule has 1 amide bonds. The number of carbonyl (C=O) groups is 2. The van der Waals surface area contributed by atoms with Gasteiger partial charge in [-0.2, -0.15) is 0 Å². The number of nitrogens with one attached hydrogen (secondary N) is 1. The van der Waals surface area contributed by atoms with Gasteiger partial charge in [0.25, 0.3) is 5.91 Å². The van der Waals surface area contributed by atoms with Gasteiger partial charge in [0.2, 0.25) is 0 Å². The summed E-state index contributed by atoms with van der Waals surface area (Å²) < 4.78 is 5.19. The Morgan fingerprint density at radius 1 is 1.00 bits per heavy atom. The maximum absolute atomic E-state index is 12.7. The van der Waals surface area contributed by atoms with E-state index in [-0.39, 0.29) is 27.8 Å². The standard InChI is InChI=1S/C20H14Cl3NO3S/c1-2-27-20(26)16-13(11-6-8-12(21)9-7-11)10-28-19(16)24-18(25)17-14(22)4-3-5-15(17)23/h3-10H,2H2,1H3,(H,24,25). The first kappa shape index (κ1) is 20.7. The first-order chi connectivity index (χ1) is 13.4. The molecule has 0 unspecified atom stereocenters. The summed E-state index contributed by atoms with van der Waals surface area (Å²) >= 11 is 19.4. The summed E-state index contributed by atoms with van der Waals surface area (Å²) in [5.41, 5.74) is 1.83. The van der Waals surface area contributed by atoms with E-state index in [2.05, 4.69) is 5.32 Å². The van der Waals surface area contributed by atoms with Gasteiger partial charge < -0.3 is 10.1 Å². The predicted molar refractivity (Wildman–Crippen MR) is 115 cm³/mol. The van der Waals surface area contributed by atoms with E-state index in [4.69, 9.17) is 39.5 Å². The minimum Gasteiger partial charge on any atom is -0.462 e. The second-order valence-electron chi connectivity index (χ2n) is 5.63. The van der Waals surface area contributed by atoms with Gasteiger partial charge in [0.15, 0.2) is 0 Å². The lowest BCUT2D eigenvalue weighted by Crippen LogP contribution is -2.15. The lowest BCUT2D eigenvalue weighted by atomic mass is 10.0. The Kier molecular flexibility index (Phi) is 6.62. The molecule has 0 saturated carbocycles. The van der Waals surface area contributed by atoms with E-state index >= 15 is 0 Å². The van der Waals surface area contributed by atoms with Crippen molar-refractivity contribution < 1.29 is 14.3 Å². The number of rotatable bonds is 5. The first-order valence-corrected chi connectivity index (χ1v) is 10.2. The van der Waals surface area contributed by atoms with Gasteiger partial charge in [-0.3, -0.25) is 4.79 Å². The van der Waals surface area contributed by atoms with Gasteiger partial charge in [0.1, 0.15) is 10.6 Å². The van der Waals surface area contributed by atoms with Crippen molar-refractivity contribution in [2.24, 2.45) is 0 Å². The summed E-state index contributed by atoms with van der Waals surface area (Å²) in [6.45, 7) is 1.92. The SMILES string of the molecule is CCOC(=O)c1c(-c2ccc(Cl)cc2)csc1NC(=O)c1c(Cl)cccc1Cl. The lowest BCUT2D eigenvalue weighted by Gasteiger charge is -2.10. The maximum Gasteiger partial charge on any atom is 0.341 e. The molecule has 0 radical (unpaired) electrons. The average molecular weight is 455 g/mol. The number of ether oxygens (including phenoxy) is 1. The fraction of sp³-hybridized carbons (Fsp3) is 0.100. The van der Waals surface area contributed by atoms with Crippen molar-refractivity contribution in [3.8, 4) is 11.1 Å². The van der Waals surface area contributed by atoms with E-state index < -0.39 is 11.9 Å². The van der Waals surface area contributed by atoms with Crippen LogP contribution in [0.1, 0.15) is 27.6 Å². The van der Waals surface area contributed by atoms with E-state index in [9.17, 15) is 9.59 Å². The highest BCUT2D eigenvalue weighted by Crippen LogP contribution is 2.37. The molecular weight excluding hydrogens is 441 g/mol. The van der Waals surface area contributed by atoms with Crippen LogP contribution in [0.4, 0.5) is 5.00 Å². The fourth-order valence-electron chi connectivity index (χ4n) is 2.58. The molecule has 1 N–H and O–H groups in total. The smallest absolute Gasteiger partial charge is 0.341 e. The minimum absolute atomic E-state index is 0.141. The van der Waals surface area contributed by atoms with E-state index in [1.165, 1.54) is 11.3 Å². The topological polar surface area (TPSA) is 55.4 Å². The van der Waals surface area contributed by atoms with Crippen LogP contribution in [0.3, 0.4) is 0 Å². The Balaban J connectivity index is 2.02. The molecule has 0 aliphatic heterocycles. The van der Waals surface area contributed by atoms with Crippen LogP contribution in [0, 0.1) is 0 Å². The Hall–Kier alpha value is -2.05. The van der Waals surface area contributed by atoms with Crippen molar-refractivity contribution in [3.05, 3.63) is 74.0 Å². The van der Waals surface area contributed by atoms with E-state index in [0.717, 1.165) is 5.56 Å². The predicted octanol–water partition coefficient (Wildman–Crippen LogP) is 6.80. The average Bonchev–Trinajstić information content (AvgIpc) is 3.06. The third kappa shape index (κ3) is 4.33. The zero-order valence-corrected chi connectivity index (χ0v) is 17.7. The molecule has 4 nitrogen and oxygen atoms in total. The molecule has 0 spiro atoms. The molecule has 0 saturated heterocycles.